The lowest BCUT2D eigenvalue weighted by molar-refractivity contribution is -0.120. The number of hydrogen-bond acceptors (Lipinski definition) is 4. The Morgan fingerprint density at radius 1 is 1.19 bits per heavy atom. The van der Waals surface area contributed by atoms with E-state index in [9.17, 15) is 14.4 Å². The Bertz CT molecular complexity index is 808. The standard InChI is InChI=1S/C14H16N4O3/c1-7-5-15-6-9(7)12(19)16-10-4-2-3-8-11(10)14(21)18-17-13(8)20/h2-4,7,9,15H,5-6H2,1H3,(H,16,19)(H,17,20)(H,18,21). The number of H-pyrrole nitrogens is 2. The van der Waals surface area contributed by atoms with Gasteiger partial charge in [0.15, 0.2) is 0 Å². The van der Waals surface area contributed by atoms with Gasteiger partial charge in [0.05, 0.1) is 22.4 Å². The third-order valence-electron chi connectivity index (χ3n) is 3.94. The third-order valence-corrected chi connectivity index (χ3v) is 3.94. The number of amides is 1. The lowest BCUT2D eigenvalue weighted by atomic mass is 9.97. The van der Waals surface area contributed by atoms with E-state index in [1.165, 1.54) is 0 Å². The van der Waals surface area contributed by atoms with E-state index in [2.05, 4.69) is 20.8 Å². The first-order chi connectivity index (χ1) is 10.1. The van der Waals surface area contributed by atoms with Crippen LogP contribution in [0.4, 0.5) is 5.69 Å². The largest absolute Gasteiger partial charge is 0.325 e. The molecule has 4 N–H and O–H groups in total. The number of carbonyl (C=O) groups is 1. The number of aromatic nitrogens is 2. The average molecular weight is 288 g/mol. The van der Waals surface area contributed by atoms with Gasteiger partial charge in [0.1, 0.15) is 0 Å². The lowest BCUT2D eigenvalue weighted by Gasteiger charge is -2.15. The SMILES string of the molecule is CC1CNCC1C(=O)Nc1cccc2c(=O)[nH][nH]c(=O)c12. The van der Waals surface area contributed by atoms with Crippen LogP contribution in [0.25, 0.3) is 10.8 Å². The first kappa shape index (κ1) is 13.6. The van der Waals surface area contributed by atoms with Gasteiger partial charge in [0, 0.05) is 6.54 Å². The molecule has 1 aromatic carbocycles. The van der Waals surface area contributed by atoms with E-state index in [0.717, 1.165) is 6.54 Å². The van der Waals surface area contributed by atoms with Crippen molar-refractivity contribution in [1.29, 1.82) is 0 Å². The van der Waals surface area contributed by atoms with Gasteiger partial charge in [-0.2, -0.15) is 0 Å². The highest BCUT2D eigenvalue weighted by Crippen LogP contribution is 2.21. The van der Waals surface area contributed by atoms with Crippen LogP contribution in [0, 0.1) is 11.8 Å². The van der Waals surface area contributed by atoms with Gasteiger partial charge in [0.2, 0.25) is 5.91 Å². The topological polar surface area (TPSA) is 107 Å². The number of rotatable bonds is 2. The van der Waals surface area contributed by atoms with E-state index in [-0.39, 0.29) is 28.5 Å². The molecule has 1 aliphatic rings. The molecule has 1 saturated heterocycles. The number of carbonyl (C=O) groups excluding carboxylic acids is 1. The molecule has 1 fully saturated rings. The summed E-state index contributed by atoms with van der Waals surface area (Å²) < 4.78 is 0. The normalized spacial score (nSPS) is 21.6. The van der Waals surface area contributed by atoms with Crippen LogP contribution < -0.4 is 21.8 Å². The highest BCUT2D eigenvalue weighted by molar-refractivity contribution is 6.02. The van der Waals surface area contributed by atoms with E-state index in [1.807, 2.05) is 6.92 Å². The van der Waals surface area contributed by atoms with Gasteiger partial charge in [-0.25, -0.2) is 0 Å². The van der Waals surface area contributed by atoms with E-state index in [4.69, 9.17) is 0 Å². The second kappa shape index (κ2) is 5.17. The van der Waals surface area contributed by atoms with Gasteiger partial charge >= 0.3 is 0 Å². The predicted octanol–water partition coefficient (Wildman–Crippen LogP) is 0.0104. The van der Waals surface area contributed by atoms with Gasteiger partial charge in [-0.15, -0.1) is 0 Å². The monoisotopic (exact) mass is 288 g/mol. The van der Waals surface area contributed by atoms with Crippen LogP contribution in [-0.4, -0.2) is 29.2 Å². The van der Waals surface area contributed by atoms with Gasteiger partial charge in [-0.1, -0.05) is 13.0 Å². The molecule has 1 amide bonds. The summed E-state index contributed by atoms with van der Waals surface area (Å²) in [5, 5.41) is 10.9. The number of anilines is 1. The lowest BCUT2D eigenvalue weighted by Crippen LogP contribution is -2.29. The van der Waals surface area contributed by atoms with Crippen LogP contribution in [0.3, 0.4) is 0 Å². The minimum absolute atomic E-state index is 0.138. The first-order valence-corrected chi connectivity index (χ1v) is 6.83. The molecule has 0 radical (unpaired) electrons. The summed E-state index contributed by atoms with van der Waals surface area (Å²) in [4.78, 5) is 36.0. The van der Waals surface area contributed by atoms with E-state index in [1.54, 1.807) is 18.2 Å². The molecule has 0 spiro atoms. The zero-order valence-corrected chi connectivity index (χ0v) is 11.5. The molecule has 2 aromatic rings. The molecular formula is C14H16N4O3. The number of hydrogen-bond donors (Lipinski definition) is 4. The van der Waals surface area contributed by atoms with Crippen LogP contribution in [0.1, 0.15) is 6.92 Å². The Morgan fingerprint density at radius 3 is 2.67 bits per heavy atom. The van der Waals surface area contributed by atoms with Crippen molar-refractivity contribution in [3.8, 4) is 0 Å². The molecule has 2 unspecified atom stereocenters. The first-order valence-electron chi connectivity index (χ1n) is 6.83. The van der Waals surface area contributed by atoms with Crippen molar-refractivity contribution >= 4 is 22.4 Å². The minimum atomic E-state index is -0.432. The van der Waals surface area contributed by atoms with Crippen LogP contribution in [0.2, 0.25) is 0 Å². The van der Waals surface area contributed by atoms with Crippen LogP contribution >= 0.6 is 0 Å². The molecule has 21 heavy (non-hydrogen) atoms. The van der Waals surface area contributed by atoms with Crippen LogP contribution in [-0.2, 0) is 4.79 Å². The Hall–Kier alpha value is -2.41. The maximum absolute atomic E-state index is 12.3. The van der Waals surface area contributed by atoms with Gasteiger partial charge in [0.25, 0.3) is 11.1 Å². The highest BCUT2D eigenvalue weighted by atomic mass is 16.2. The predicted molar refractivity (Wildman–Crippen MR) is 79.3 cm³/mol. The van der Waals surface area contributed by atoms with E-state index in [0.29, 0.717) is 12.2 Å². The molecule has 2 heterocycles. The minimum Gasteiger partial charge on any atom is -0.325 e. The third kappa shape index (κ3) is 2.36. The van der Waals surface area contributed by atoms with Crippen molar-refractivity contribution in [2.45, 2.75) is 6.92 Å². The van der Waals surface area contributed by atoms with Crippen LogP contribution in [0.15, 0.2) is 27.8 Å². The van der Waals surface area contributed by atoms with E-state index >= 15 is 0 Å². The number of fused-ring (bicyclic) bond motifs is 1. The fourth-order valence-corrected chi connectivity index (χ4v) is 2.72. The van der Waals surface area contributed by atoms with Gasteiger partial charge in [-0.05, 0) is 24.6 Å². The molecule has 1 aromatic heterocycles. The second-order valence-corrected chi connectivity index (χ2v) is 5.37. The number of aromatic amines is 2. The van der Waals surface area contributed by atoms with Crippen molar-refractivity contribution in [3.63, 3.8) is 0 Å². The second-order valence-electron chi connectivity index (χ2n) is 5.37. The average Bonchev–Trinajstić information content (AvgIpc) is 2.89. The summed E-state index contributed by atoms with van der Waals surface area (Å²) >= 11 is 0. The Labute approximate surface area is 119 Å². The summed E-state index contributed by atoms with van der Waals surface area (Å²) in [5.41, 5.74) is -0.460. The molecule has 0 bridgehead atoms. The molecular weight excluding hydrogens is 272 g/mol. The fraction of sp³-hybridized carbons (Fsp3) is 0.357. The molecule has 2 atom stereocenters. The molecule has 7 heteroatoms. The van der Waals surface area contributed by atoms with E-state index < -0.39 is 11.1 Å². The van der Waals surface area contributed by atoms with Crippen molar-refractivity contribution in [1.82, 2.24) is 15.5 Å². The summed E-state index contributed by atoms with van der Waals surface area (Å²) in [6.45, 7) is 3.42. The van der Waals surface area contributed by atoms with Crippen LogP contribution in [0.5, 0.6) is 0 Å². The Kier molecular flexibility index (Phi) is 3.34. The molecule has 7 nitrogen and oxygen atoms in total. The van der Waals surface area contributed by atoms with Crippen molar-refractivity contribution in [2.75, 3.05) is 18.4 Å². The zero-order chi connectivity index (χ0) is 15.0. The summed E-state index contributed by atoms with van der Waals surface area (Å²) in [5.74, 6) is -0.0392. The molecule has 0 aliphatic carbocycles. The quantitative estimate of drug-likeness (QED) is 0.624. The molecule has 0 saturated carbocycles. The maximum Gasteiger partial charge on any atom is 0.272 e. The summed E-state index contributed by atoms with van der Waals surface area (Å²) in [7, 11) is 0. The van der Waals surface area contributed by atoms with Gasteiger partial charge in [-0.3, -0.25) is 24.6 Å². The maximum atomic E-state index is 12.3. The Balaban J connectivity index is 2.02. The van der Waals surface area contributed by atoms with Crippen molar-refractivity contribution < 1.29 is 4.79 Å². The number of nitrogens with one attached hydrogen (secondary N) is 4. The summed E-state index contributed by atoms with van der Waals surface area (Å²) in [6, 6.07) is 4.82. The van der Waals surface area contributed by atoms with Crippen molar-refractivity contribution in [2.24, 2.45) is 11.8 Å². The van der Waals surface area contributed by atoms with Gasteiger partial charge < -0.3 is 10.6 Å². The molecule has 1 aliphatic heterocycles. The smallest absolute Gasteiger partial charge is 0.272 e. The Morgan fingerprint density at radius 2 is 1.95 bits per heavy atom. The summed E-state index contributed by atoms with van der Waals surface area (Å²) in [6.07, 6.45) is 0. The highest BCUT2D eigenvalue weighted by Gasteiger charge is 2.29. The fourth-order valence-electron chi connectivity index (χ4n) is 2.72. The number of benzene rings is 1. The van der Waals surface area contributed by atoms with Crippen molar-refractivity contribution in [3.05, 3.63) is 38.9 Å². The molecule has 110 valence electrons. The zero-order valence-electron chi connectivity index (χ0n) is 11.5. The molecule has 3 rings (SSSR count).